The highest BCUT2D eigenvalue weighted by Crippen LogP contribution is 2.34. The average Bonchev–Trinajstić information content (AvgIpc) is 3.35. The number of methoxy groups -OCH3 is 1. The maximum atomic E-state index is 14.2. The van der Waals surface area contributed by atoms with Gasteiger partial charge in [-0.15, -0.1) is 11.3 Å². The van der Waals surface area contributed by atoms with Crippen LogP contribution in [0.3, 0.4) is 0 Å². The van der Waals surface area contributed by atoms with Crippen LogP contribution in [0.1, 0.15) is 30.3 Å². The van der Waals surface area contributed by atoms with Gasteiger partial charge in [0.05, 0.1) is 24.6 Å². The highest BCUT2D eigenvalue weighted by Gasteiger charge is 2.36. The first-order chi connectivity index (χ1) is 17.2. The molecule has 7 nitrogen and oxygen atoms in total. The molecule has 2 aromatic carbocycles. The summed E-state index contributed by atoms with van der Waals surface area (Å²) in [4.78, 5) is 16.5. The molecule has 192 valence electrons. The number of para-hydroxylation sites is 1. The van der Waals surface area contributed by atoms with Crippen molar-refractivity contribution in [1.82, 2.24) is 9.21 Å². The van der Waals surface area contributed by atoms with Crippen LogP contribution in [0.4, 0.5) is 4.39 Å². The van der Waals surface area contributed by atoms with E-state index in [1.807, 2.05) is 11.4 Å². The minimum Gasteiger partial charge on any atom is -0.497 e. The molecular weight excluding hydrogens is 503 g/mol. The number of hydrogen-bond donors (Lipinski definition) is 0. The Bertz CT molecular complexity index is 1310. The number of fused-ring (bicyclic) bond motifs is 1. The summed E-state index contributed by atoms with van der Waals surface area (Å²) in [5.41, 5.74) is 0.949. The van der Waals surface area contributed by atoms with E-state index in [9.17, 15) is 17.6 Å². The number of sulfonamides is 1. The third kappa shape index (κ3) is 5.40. The van der Waals surface area contributed by atoms with Crippen LogP contribution in [0.15, 0.2) is 64.9 Å². The molecule has 1 aliphatic heterocycles. The van der Waals surface area contributed by atoms with Gasteiger partial charge in [0.2, 0.25) is 15.9 Å². The predicted octanol–water partition coefficient (Wildman–Crippen LogP) is 4.50. The molecule has 1 amide bonds. The summed E-state index contributed by atoms with van der Waals surface area (Å²) in [5.74, 6) is -0.162. The third-order valence-electron chi connectivity index (χ3n) is 6.18. The molecule has 0 bridgehead atoms. The monoisotopic (exact) mass is 532 g/mol. The van der Waals surface area contributed by atoms with Crippen LogP contribution in [0.2, 0.25) is 0 Å². The molecule has 1 aliphatic rings. The SMILES string of the molecule is COc1ccc(S(=O)(=O)N(CC(=O)N2CCc3sccc3C2COc2ccccc2F)C(C)C)cc1. The second-order valence-electron chi connectivity index (χ2n) is 8.71. The number of amides is 1. The Morgan fingerprint density at radius 2 is 1.89 bits per heavy atom. The molecule has 1 atom stereocenters. The minimum absolute atomic E-state index is 0.0588. The van der Waals surface area contributed by atoms with Crippen molar-refractivity contribution in [1.29, 1.82) is 0 Å². The topological polar surface area (TPSA) is 76.2 Å². The van der Waals surface area contributed by atoms with Crippen molar-refractivity contribution in [3.8, 4) is 11.5 Å². The van der Waals surface area contributed by atoms with Crippen LogP contribution in [0.5, 0.6) is 11.5 Å². The molecule has 1 unspecified atom stereocenters. The summed E-state index contributed by atoms with van der Waals surface area (Å²) < 4.78 is 53.1. The Kier molecular flexibility index (Phi) is 7.97. The molecule has 0 N–H and O–H groups in total. The molecule has 10 heteroatoms. The number of ether oxygens (including phenoxy) is 2. The highest BCUT2D eigenvalue weighted by atomic mass is 32.2. The summed E-state index contributed by atoms with van der Waals surface area (Å²) in [5, 5.41) is 1.96. The Labute approximate surface area is 215 Å². The Balaban J connectivity index is 1.57. The third-order valence-corrected chi connectivity index (χ3v) is 9.21. The first-order valence-electron chi connectivity index (χ1n) is 11.6. The van der Waals surface area contributed by atoms with Crippen molar-refractivity contribution >= 4 is 27.3 Å². The lowest BCUT2D eigenvalue weighted by Gasteiger charge is -2.37. The van der Waals surface area contributed by atoms with Gasteiger partial charge in [-0.3, -0.25) is 4.79 Å². The van der Waals surface area contributed by atoms with Crippen molar-refractivity contribution < 1.29 is 27.1 Å². The van der Waals surface area contributed by atoms with Gasteiger partial charge in [-0.25, -0.2) is 12.8 Å². The van der Waals surface area contributed by atoms with Gasteiger partial charge in [-0.2, -0.15) is 4.31 Å². The van der Waals surface area contributed by atoms with E-state index in [0.29, 0.717) is 18.7 Å². The number of rotatable bonds is 9. The van der Waals surface area contributed by atoms with Crippen molar-refractivity contribution in [2.24, 2.45) is 0 Å². The second-order valence-corrected chi connectivity index (χ2v) is 11.6. The average molecular weight is 533 g/mol. The van der Waals surface area contributed by atoms with Crippen molar-refractivity contribution in [2.75, 3.05) is 26.8 Å². The zero-order valence-corrected chi connectivity index (χ0v) is 22.0. The van der Waals surface area contributed by atoms with E-state index in [1.54, 1.807) is 60.4 Å². The van der Waals surface area contributed by atoms with Crippen LogP contribution in [0, 0.1) is 5.82 Å². The number of nitrogens with zero attached hydrogens (tertiary/aromatic N) is 2. The molecule has 2 heterocycles. The predicted molar refractivity (Wildman–Crippen MR) is 136 cm³/mol. The van der Waals surface area contributed by atoms with E-state index in [2.05, 4.69) is 0 Å². The molecule has 1 aromatic heterocycles. The van der Waals surface area contributed by atoms with E-state index in [0.717, 1.165) is 10.4 Å². The largest absolute Gasteiger partial charge is 0.497 e. The first-order valence-corrected chi connectivity index (χ1v) is 13.9. The number of halogens is 1. The Morgan fingerprint density at radius 1 is 1.17 bits per heavy atom. The number of thiophene rings is 1. The fraction of sp³-hybridized carbons (Fsp3) is 0.346. The van der Waals surface area contributed by atoms with Gasteiger partial charge in [0.1, 0.15) is 12.4 Å². The Hall–Kier alpha value is -2.95. The van der Waals surface area contributed by atoms with Crippen LogP contribution in [-0.4, -0.2) is 56.4 Å². The van der Waals surface area contributed by atoms with Gasteiger partial charge < -0.3 is 14.4 Å². The zero-order chi connectivity index (χ0) is 25.9. The molecular formula is C26H29FN2O5S2. The van der Waals surface area contributed by atoms with Crippen LogP contribution in [-0.2, 0) is 21.2 Å². The quantitative estimate of drug-likeness (QED) is 0.406. The standard InChI is InChI=1S/C26H29FN2O5S2/c1-18(2)29(36(31,32)20-10-8-19(33-3)9-11-20)16-26(30)28-14-12-25-21(13-15-35-25)23(28)17-34-24-7-5-4-6-22(24)27/h4-11,13,15,18,23H,12,14,16-17H2,1-3H3. The van der Waals surface area contributed by atoms with Gasteiger partial charge in [0.15, 0.2) is 11.6 Å². The first kappa shape index (κ1) is 26.1. The molecule has 36 heavy (non-hydrogen) atoms. The number of carbonyl (C=O) groups excluding carboxylic acids is 1. The van der Waals surface area contributed by atoms with E-state index in [4.69, 9.17) is 9.47 Å². The molecule has 0 saturated carbocycles. The summed E-state index contributed by atoms with van der Waals surface area (Å²) >= 11 is 1.61. The smallest absolute Gasteiger partial charge is 0.243 e. The van der Waals surface area contributed by atoms with Crippen LogP contribution < -0.4 is 9.47 Å². The lowest BCUT2D eigenvalue weighted by atomic mass is 10.0. The number of benzene rings is 2. The van der Waals surface area contributed by atoms with E-state index >= 15 is 0 Å². The van der Waals surface area contributed by atoms with Gasteiger partial charge in [-0.1, -0.05) is 12.1 Å². The van der Waals surface area contributed by atoms with E-state index in [1.165, 1.54) is 29.6 Å². The van der Waals surface area contributed by atoms with Gasteiger partial charge >= 0.3 is 0 Å². The molecule has 4 rings (SSSR count). The van der Waals surface area contributed by atoms with Gasteiger partial charge in [-0.05, 0) is 73.7 Å². The zero-order valence-electron chi connectivity index (χ0n) is 20.4. The van der Waals surface area contributed by atoms with Crippen molar-refractivity contribution in [3.05, 3.63) is 76.2 Å². The van der Waals surface area contributed by atoms with Crippen LogP contribution in [0.25, 0.3) is 0 Å². The summed E-state index contributed by atoms with van der Waals surface area (Å²) in [6, 6.07) is 13.3. The lowest BCUT2D eigenvalue weighted by Crippen LogP contribution is -2.49. The maximum Gasteiger partial charge on any atom is 0.243 e. The van der Waals surface area contributed by atoms with E-state index in [-0.39, 0.29) is 29.7 Å². The van der Waals surface area contributed by atoms with Crippen LogP contribution >= 0.6 is 11.3 Å². The fourth-order valence-electron chi connectivity index (χ4n) is 4.26. The van der Waals surface area contributed by atoms with Crippen molar-refractivity contribution in [2.45, 2.75) is 37.2 Å². The summed E-state index contributed by atoms with van der Waals surface area (Å²) in [6.45, 7) is 3.64. The lowest BCUT2D eigenvalue weighted by molar-refractivity contribution is -0.135. The molecule has 0 radical (unpaired) electrons. The fourth-order valence-corrected chi connectivity index (χ4v) is 6.77. The van der Waals surface area contributed by atoms with Gasteiger partial charge in [0, 0.05) is 17.5 Å². The molecule has 0 spiro atoms. The highest BCUT2D eigenvalue weighted by molar-refractivity contribution is 7.89. The molecule has 0 fully saturated rings. The number of hydrogen-bond acceptors (Lipinski definition) is 6. The summed E-state index contributed by atoms with van der Waals surface area (Å²) in [7, 11) is -2.43. The second kappa shape index (κ2) is 11.0. The molecule has 3 aromatic rings. The van der Waals surface area contributed by atoms with Crippen molar-refractivity contribution in [3.63, 3.8) is 0 Å². The minimum atomic E-state index is -3.94. The Morgan fingerprint density at radius 3 is 2.56 bits per heavy atom. The molecule has 0 saturated heterocycles. The van der Waals surface area contributed by atoms with Gasteiger partial charge in [0.25, 0.3) is 0 Å². The normalized spacial score (nSPS) is 15.7. The maximum absolute atomic E-state index is 14.2. The number of carbonyl (C=O) groups is 1. The molecule has 0 aliphatic carbocycles. The van der Waals surface area contributed by atoms with E-state index < -0.39 is 27.9 Å². The summed E-state index contributed by atoms with van der Waals surface area (Å²) in [6.07, 6.45) is 0.668.